The van der Waals surface area contributed by atoms with Gasteiger partial charge < -0.3 is 10.6 Å². The van der Waals surface area contributed by atoms with E-state index in [1.165, 1.54) is 51.2 Å². The Hall–Kier alpha value is -2.11. The first-order chi connectivity index (χ1) is 10.6. The van der Waals surface area contributed by atoms with Crippen molar-refractivity contribution in [1.82, 2.24) is 0 Å². The largest absolute Gasteiger partial charge is 0.381 e. The summed E-state index contributed by atoms with van der Waals surface area (Å²) in [4.78, 5) is 21.8. The van der Waals surface area contributed by atoms with Gasteiger partial charge in [-0.2, -0.15) is 0 Å². The van der Waals surface area contributed by atoms with Gasteiger partial charge in [-0.05, 0) is 18.9 Å². The van der Waals surface area contributed by atoms with Gasteiger partial charge in [-0.25, -0.2) is 0 Å². The molecule has 2 rings (SSSR count). The number of nitro benzene ring substituents is 1. The summed E-state index contributed by atoms with van der Waals surface area (Å²) in [5.41, 5.74) is 1.21. The van der Waals surface area contributed by atoms with Crippen LogP contribution in [0, 0.1) is 10.1 Å². The van der Waals surface area contributed by atoms with Gasteiger partial charge >= 0.3 is 0 Å². The van der Waals surface area contributed by atoms with Crippen molar-refractivity contribution in [2.45, 2.75) is 57.9 Å². The second-order valence-corrected chi connectivity index (χ2v) is 5.85. The molecule has 1 amide bonds. The summed E-state index contributed by atoms with van der Waals surface area (Å²) in [6, 6.07) is 4.92. The normalized spacial score (nSPS) is 16.4. The van der Waals surface area contributed by atoms with E-state index in [4.69, 9.17) is 0 Å². The van der Waals surface area contributed by atoms with Gasteiger partial charge in [0.25, 0.3) is 5.69 Å². The molecule has 2 N–H and O–H groups in total. The topological polar surface area (TPSA) is 84.3 Å². The van der Waals surface area contributed by atoms with Crippen LogP contribution >= 0.6 is 0 Å². The number of benzene rings is 1. The van der Waals surface area contributed by atoms with E-state index in [-0.39, 0.29) is 11.6 Å². The molecular weight excluding hydrogens is 282 g/mol. The van der Waals surface area contributed by atoms with Crippen molar-refractivity contribution in [2.75, 3.05) is 10.6 Å². The lowest BCUT2D eigenvalue weighted by atomic mass is 9.96. The Morgan fingerprint density at radius 2 is 1.77 bits per heavy atom. The predicted octanol–water partition coefficient (Wildman–Crippen LogP) is 4.08. The van der Waals surface area contributed by atoms with Crippen LogP contribution in [0.2, 0.25) is 0 Å². The highest BCUT2D eigenvalue weighted by molar-refractivity contribution is 5.93. The average Bonchev–Trinajstić information content (AvgIpc) is 2.42. The van der Waals surface area contributed by atoms with Crippen LogP contribution in [0.1, 0.15) is 51.9 Å². The molecule has 1 aromatic rings. The summed E-state index contributed by atoms with van der Waals surface area (Å²) in [6.45, 7) is 1.40. The summed E-state index contributed by atoms with van der Waals surface area (Å²) >= 11 is 0. The molecule has 1 fully saturated rings. The third-order valence-electron chi connectivity index (χ3n) is 3.99. The van der Waals surface area contributed by atoms with Crippen molar-refractivity contribution in [3.05, 3.63) is 28.3 Å². The fourth-order valence-corrected chi connectivity index (χ4v) is 2.89. The fourth-order valence-electron chi connectivity index (χ4n) is 2.89. The van der Waals surface area contributed by atoms with Crippen LogP contribution in [-0.2, 0) is 4.79 Å². The number of nitrogens with zero attached hydrogens (tertiary/aromatic N) is 1. The van der Waals surface area contributed by atoms with Gasteiger partial charge in [0.2, 0.25) is 5.91 Å². The molecule has 0 bridgehead atoms. The summed E-state index contributed by atoms with van der Waals surface area (Å²) in [5.74, 6) is -0.235. The summed E-state index contributed by atoms with van der Waals surface area (Å²) in [7, 11) is 0. The van der Waals surface area contributed by atoms with Crippen LogP contribution in [0.15, 0.2) is 18.2 Å². The van der Waals surface area contributed by atoms with Crippen molar-refractivity contribution >= 4 is 23.0 Å². The lowest BCUT2D eigenvalue weighted by molar-refractivity contribution is -0.384. The minimum atomic E-state index is -0.453. The molecule has 1 saturated carbocycles. The van der Waals surface area contributed by atoms with Crippen LogP contribution in [0.3, 0.4) is 0 Å². The minimum Gasteiger partial charge on any atom is -0.381 e. The zero-order valence-corrected chi connectivity index (χ0v) is 12.9. The molecule has 0 heterocycles. The van der Waals surface area contributed by atoms with E-state index in [0.29, 0.717) is 11.7 Å². The smallest absolute Gasteiger partial charge is 0.271 e. The van der Waals surface area contributed by atoms with E-state index in [1.54, 1.807) is 6.07 Å². The number of carbonyl (C=O) groups excluding carboxylic acids is 1. The molecule has 0 saturated heterocycles. The zero-order chi connectivity index (χ0) is 15.9. The predicted molar refractivity (Wildman–Crippen MR) is 87.1 cm³/mol. The average molecular weight is 305 g/mol. The van der Waals surface area contributed by atoms with Crippen LogP contribution < -0.4 is 10.6 Å². The highest BCUT2D eigenvalue weighted by atomic mass is 16.6. The number of nitrogens with one attached hydrogen (secondary N) is 2. The molecule has 1 aromatic carbocycles. The quantitative estimate of drug-likeness (QED) is 0.648. The molecule has 1 aliphatic rings. The van der Waals surface area contributed by atoms with Crippen molar-refractivity contribution in [2.24, 2.45) is 0 Å². The number of nitro groups is 1. The standard InChI is InChI=1S/C16H23N3O3/c1-12(20)17-16-11-14(19(21)22)9-10-15(16)18-13-7-5-3-2-4-6-8-13/h9-11,13,18H,2-8H2,1H3,(H,17,20). The third kappa shape index (κ3) is 4.72. The number of carbonyl (C=O) groups is 1. The first-order valence-corrected chi connectivity index (χ1v) is 7.89. The molecule has 0 atom stereocenters. The maximum atomic E-state index is 11.3. The Labute approximate surface area is 130 Å². The molecule has 0 unspecified atom stereocenters. The number of anilines is 2. The Kier molecular flexibility index (Phi) is 5.75. The maximum Gasteiger partial charge on any atom is 0.271 e. The molecule has 6 nitrogen and oxygen atoms in total. The Balaban J connectivity index is 2.16. The van der Waals surface area contributed by atoms with E-state index in [9.17, 15) is 14.9 Å². The number of non-ortho nitro benzene ring substituents is 1. The molecule has 1 aliphatic carbocycles. The first kappa shape index (κ1) is 16.3. The van der Waals surface area contributed by atoms with Crippen molar-refractivity contribution in [3.63, 3.8) is 0 Å². The molecule has 0 aliphatic heterocycles. The van der Waals surface area contributed by atoms with Crippen LogP contribution in [0.25, 0.3) is 0 Å². The lowest BCUT2D eigenvalue weighted by Gasteiger charge is -2.23. The molecule has 0 spiro atoms. The molecule has 0 radical (unpaired) electrons. The summed E-state index contributed by atoms with van der Waals surface area (Å²) < 4.78 is 0. The number of hydrogen-bond acceptors (Lipinski definition) is 4. The zero-order valence-electron chi connectivity index (χ0n) is 12.9. The van der Waals surface area contributed by atoms with Gasteiger partial charge in [-0.15, -0.1) is 0 Å². The van der Waals surface area contributed by atoms with Gasteiger partial charge in [0.05, 0.1) is 16.3 Å². The lowest BCUT2D eigenvalue weighted by Crippen LogP contribution is -2.21. The van der Waals surface area contributed by atoms with Gasteiger partial charge in [-0.3, -0.25) is 14.9 Å². The molecular formula is C16H23N3O3. The highest BCUT2D eigenvalue weighted by Gasteiger charge is 2.16. The number of hydrogen-bond donors (Lipinski definition) is 2. The second kappa shape index (κ2) is 7.77. The Bertz CT molecular complexity index is 537. The van der Waals surface area contributed by atoms with Gasteiger partial charge in [0.1, 0.15) is 0 Å². The molecule has 6 heteroatoms. The van der Waals surface area contributed by atoms with Crippen molar-refractivity contribution in [1.29, 1.82) is 0 Å². The van der Waals surface area contributed by atoms with Gasteiger partial charge in [-0.1, -0.05) is 32.1 Å². The van der Waals surface area contributed by atoms with Crippen LogP contribution in [0.5, 0.6) is 0 Å². The number of amides is 1. The SMILES string of the molecule is CC(=O)Nc1cc([N+](=O)[O-])ccc1NC1CCCCCCC1. The highest BCUT2D eigenvalue weighted by Crippen LogP contribution is 2.29. The van der Waals surface area contributed by atoms with Gasteiger partial charge in [0, 0.05) is 25.1 Å². The number of rotatable bonds is 4. The molecule has 120 valence electrons. The fraction of sp³-hybridized carbons (Fsp3) is 0.562. The molecule has 0 aromatic heterocycles. The van der Waals surface area contributed by atoms with Crippen molar-refractivity contribution < 1.29 is 9.72 Å². The van der Waals surface area contributed by atoms with Crippen LogP contribution in [-0.4, -0.2) is 16.9 Å². The van der Waals surface area contributed by atoms with E-state index in [0.717, 1.165) is 18.5 Å². The van der Waals surface area contributed by atoms with E-state index in [2.05, 4.69) is 10.6 Å². The van der Waals surface area contributed by atoms with E-state index >= 15 is 0 Å². The minimum absolute atomic E-state index is 0.0213. The van der Waals surface area contributed by atoms with Crippen LogP contribution in [0.4, 0.5) is 17.1 Å². The summed E-state index contributed by atoms with van der Waals surface area (Å²) in [6.07, 6.45) is 8.41. The second-order valence-electron chi connectivity index (χ2n) is 5.85. The first-order valence-electron chi connectivity index (χ1n) is 7.89. The van der Waals surface area contributed by atoms with Gasteiger partial charge in [0.15, 0.2) is 0 Å². The Morgan fingerprint density at radius 3 is 2.36 bits per heavy atom. The third-order valence-corrected chi connectivity index (χ3v) is 3.99. The Morgan fingerprint density at radius 1 is 1.14 bits per heavy atom. The summed E-state index contributed by atoms with van der Waals surface area (Å²) in [5, 5.41) is 17.0. The molecule has 22 heavy (non-hydrogen) atoms. The monoisotopic (exact) mass is 305 g/mol. The van der Waals surface area contributed by atoms with Crippen molar-refractivity contribution in [3.8, 4) is 0 Å². The van der Waals surface area contributed by atoms with E-state index in [1.807, 2.05) is 0 Å². The van der Waals surface area contributed by atoms with E-state index < -0.39 is 4.92 Å². The maximum absolute atomic E-state index is 11.3.